The molecule has 6 aromatic heterocycles. The van der Waals surface area contributed by atoms with Gasteiger partial charge in [0.05, 0.1) is 47.3 Å². The van der Waals surface area contributed by atoms with Gasteiger partial charge in [0.2, 0.25) is 0 Å². The molecule has 3 saturated carbocycles. The van der Waals surface area contributed by atoms with Gasteiger partial charge in [0, 0.05) is 143 Å². The minimum Gasteiger partial charge on any atom is -0.398 e. The summed E-state index contributed by atoms with van der Waals surface area (Å²) in [4.78, 5) is 60.2. The minimum atomic E-state index is -0.625. The molecule has 478 valence electrons. The van der Waals surface area contributed by atoms with Crippen molar-refractivity contribution >= 4 is 40.7 Å². The fraction of sp³-hybridized carbons (Fsp3) is 0.387. The quantitative estimate of drug-likeness (QED) is 0.0813. The third kappa shape index (κ3) is 10.4. The standard InChI is InChI=1S/C75H78ClN15O3/c1-43-26-60(78)63(66(83-43)45-14-15-47-36-87(6)70(93)55(47)27-45)49-34-82-91(39-49)42-74(4)25-11-13-59(74)68-54-19-16-46(28-56(54)71(94)88(68)7)67-64(61(79)30-62(76)85-67)50-35-81-90(38-50)41-73(3)24-10-12-51(73)31-75(5)58-21-17-44(29-57(58)69(92)86-75)65-53(20-18-52(32-77)84-65)48-33-80-89(37-48)40-72(2)22-8-9-23-72/h14-21,26-30,33-35,37-39,51,59,68H,8-13,22-25,31,36,40-42H2,1-7H3,(H2,78,83)(H2,79,85)(H,86,92). The van der Waals surface area contributed by atoms with Gasteiger partial charge in [-0.2, -0.15) is 20.6 Å². The van der Waals surface area contributed by atoms with Crippen LogP contribution in [-0.2, 0) is 31.7 Å². The first-order valence-corrected chi connectivity index (χ1v) is 33.5. The number of nitrogens with one attached hydrogen (secondary N) is 1. The number of halogens is 1. The number of nitrogen functional groups attached to an aromatic ring is 2. The first kappa shape index (κ1) is 60.8. The van der Waals surface area contributed by atoms with Crippen LogP contribution in [0.1, 0.15) is 164 Å². The van der Waals surface area contributed by atoms with E-state index in [4.69, 9.17) is 53.3 Å². The normalized spacial score (nSPS) is 23.5. The van der Waals surface area contributed by atoms with E-state index in [1.165, 1.54) is 25.7 Å². The maximum Gasteiger partial charge on any atom is 0.254 e. The highest BCUT2D eigenvalue weighted by atomic mass is 35.5. The van der Waals surface area contributed by atoms with Crippen LogP contribution in [-0.4, -0.2) is 85.9 Å². The number of nitrogens with zero attached hydrogens (tertiary/aromatic N) is 12. The van der Waals surface area contributed by atoms with E-state index in [1.54, 1.807) is 17.0 Å². The van der Waals surface area contributed by atoms with E-state index in [2.05, 4.69) is 63.6 Å². The minimum absolute atomic E-state index is 0.00571. The highest BCUT2D eigenvalue weighted by Crippen LogP contribution is 2.56. The largest absolute Gasteiger partial charge is 0.398 e. The van der Waals surface area contributed by atoms with Gasteiger partial charge in [-0.15, -0.1) is 0 Å². The van der Waals surface area contributed by atoms with E-state index in [-0.39, 0.29) is 57.0 Å². The number of benzene rings is 3. The molecule has 0 spiro atoms. The van der Waals surface area contributed by atoms with Gasteiger partial charge in [-0.3, -0.25) is 33.4 Å². The van der Waals surface area contributed by atoms with Crippen molar-refractivity contribution in [3.8, 4) is 73.2 Å². The van der Waals surface area contributed by atoms with Gasteiger partial charge >= 0.3 is 0 Å². The Kier molecular flexibility index (Phi) is 14.6. The van der Waals surface area contributed by atoms with Gasteiger partial charge in [0.25, 0.3) is 17.7 Å². The maximum absolute atomic E-state index is 14.6. The number of nitrogens with two attached hydrogens (primary N) is 2. The number of carbonyl (C=O) groups is 3. The van der Waals surface area contributed by atoms with Gasteiger partial charge in [0.1, 0.15) is 16.9 Å². The van der Waals surface area contributed by atoms with Crippen LogP contribution in [0.3, 0.4) is 0 Å². The summed E-state index contributed by atoms with van der Waals surface area (Å²) in [6, 6.07) is 27.4. The number of amides is 3. The van der Waals surface area contributed by atoms with Gasteiger partial charge in [-0.25, -0.2) is 9.97 Å². The SMILES string of the molecule is Cc1cc(N)c(-c2cnn(CC3(C)CCCC3C3c4ccc(-c5nc(Cl)cc(N)c5-c5cnn(CC6(C)CCCC6CC6(C)NC(=O)c7cc(-c8nc(C#N)ccc8-c8cnn(CC9(C)CCCC9)c8)ccc76)c5)cc4C(=O)N3C)c2)c(-c2ccc3c(c2)C(=O)N(C)C3)n1. The molecule has 3 aliphatic heterocycles. The number of aromatic nitrogens is 9. The Bertz CT molecular complexity index is 4660. The first-order chi connectivity index (χ1) is 45.1. The van der Waals surface area contributed by atoms with Crippen LogP contribution < -0.4 is 16.8 Å². The molecule has 9 aromatic rings. The highest BCUT2D eigenvalue weighted by molar-refractivity contribution is 6.30. The highest BCUT2D eigenvalue weighted by Gasteiger charge is 2.51. The zero-order chi connectivity index (χ0) is 65.3. The predicted octanol–water partition coefficient (Wildman–Crippen LogP) is 14.1. The summed E-state index contributed by atoms with van der Waals surface area (Å²) in [5.74, 6) is 0.200. The van der Waals surface area contributed by atoms with Crippen LogP contribution in [0.2, 0.25) is 5.15 Å². The number of hydrogen-bond acceptors (Lipinski definition) is 12. The molecule has 3 aliphatic carbocycles. The van der Waals surface area contributed by atoms with E-state index >= 15 is 0 Å². The summed E-state index contributed by atoms with van der Waals surface area (Å²) < 4.78 is 6.06. The Morgan fingerprint density at radius 2 is 1.22 bits per heavy atom. The van der Waals surface area contributed by atoms with E-state index < -0.39 is 5.54 Å². The van der Waals surface area contributed by atoms with Crippen molar-refractivity contribution in [3.63, 3.8) is 0 Å². The number of pyridine rings is 3. The van der Waals surface area contributed by atoms with Crippen LogP contribution in [0.5, 0.6) is 0 Å². The lowest BCUT2D eigenvalue weighted by Gasteiger charge is -2.38. The Morgan fingerprint density at radius 3 is 1.96 bits per heavy atom. The zero-order valence-electron chi connectivity index (χ0n) is 54.4. The van der Waals surface area contributed by atoms with Crippen molar-refractivity contribution in [1.82, 2.24) is 59.4 Å². The number of carbonyl (C=O) groups excluding carboxylic acids is 3. The number of nitriles is 1. The van der Waals surface area contributed by atoms with Crippen LogP contribution in [0.4, 0.5) is 11.4 Å². The van der Waals surface area contributed by atoms with Crippen molar-refractivity contribution in [2.45, 2.75) is 143 Å². The molecular weight excluding hydrogens is 1190 g/mol. The third-order valence-corrected chi connectivity index (χ3v) is 22.6. The fourth-order valence-electron chi connectivity index (χ4n) is 17.5. The molecule has 94 heavy (non-hydrogen) atoms. The average molecular weight is 1270 g/mol. The van der Waals surface area contributed by atoms with Crippen molar-refractivity contribution in [2.75, 3.05) is 25.6 Å². The monoisotopic (exact) mass is 1270 g/mol. The van der Waals surface area contributed by atoms with Crippen LogP contribution in [0.25, 0.3) is 67.2 Å². The molecule has 0 radical (unpaired) electrons. The molecule has 19 heteroatoms. The summed E-state index contributed by atoms with van der Waals surface area (Å²) in [6.07, 6.45) is 23.3. The Balaban J connectivity index is 0.658. The summed E-state index contributed by atoms with van der Waals surface area (Å²) >= 11 is 6.77. The average Bonchev–Trinajstić information content (AvgIpc) is 1.58. The lowest BCUT2D eigenvalue weighted by Crippen LogP contribution is -2.41. The lowest BCUT2D eigenvalue weighted by atomic mass is 9.72. The van der Waals surface area contributed by atoms with E-state index in [0.717, 1.165) is 118 Å². The van der Waals surface area contributed by atoms with Crippen molar-refractivity contribution < 1.29 is 14.4 Å². The van der Waals surface area contributed by atoms with Crippen LogP contribution in [0.15, 0.2) is 116 Å². The van der Waals surface area contributed by atoms with Crippen LogP contribution >= 0.6 is 11.6 Å². The lowest BCUT2D eigenvalue weighted by molar-refractivity contribution is 0.0583. The van der Waals surface area contributed by atoms with Gasteiger partial charge in [-0.1, -0.05) is 94.5 Å². The van der Waals surface area contributed by atoms with E-state index in [0.29, 0.717) is 76.0 Å². The van der Waals surface area contributed by atoms with Crippen LogP contribution in [0, 0.1) is 46.3 Å². The first-order valence-electron chi connectivity index (χ1n) is 33.1. The van der Waals surface area contributed by atoms with E-state index in [1.807, 2.05) is 119 Å². The topological polar surface area (TPSA) is 238 Å². The number of hydrogen-bond donors (Lipinski definition) is 3. The Hall–Kier alpha value is -9.47. The molecule has 3 fully saturated rings. The fourth-order valence-corrected chi connectivity index (χ4v) is 17.7. The van der Waals surface area contributed by atoms with E-state index in [9.17, 15) is 19.6 Å². The number of anilines is 2. The maximum atomic E-state index is 14.6. The third-order valence-electron chi connectivity index (χ3n) is 22.4. The molecule has 0 saturated heterocycles. The van der Waals surface area contributed by atoms with Gasteiger partial charge in [0.15, 0.2) is 0 Å². The number of rotatable bonds is 15. The molecule has 3 aromatic carbocycles. The van der Waals surface area contributed by atoms with Gasteiger partial charge < -0.3 is 26.6 Å². The zero-order valence-corrected chi connectivity index (χ0v) is 55.2. The molecule has 18 nitrogen and oxygen atoms in total. The summed E-state index contributed by atoms with van der Waals surface area (Å²) in [6.45, 7) is 13.8. The van der Waals surface area contributed by atoms with Gasteiger partial charge in [-0.05, 0) is 146 Å². The molecule has 6 unspecified atom stereocenters. The molecule has 15 rings (SSSR count). The predicted molar refractivity (Wildman–Crippen MR) is 364 cm³/mol. The molecule has 6 atom stereocenters. The summed E-state index contributed by atoms with van der Waals surface area (Å²) in [7, 11) is 3.73. The second-order valence-corrected chi connectivity index (χ2v) is 29.6. The second-order valence-electron chi connectivity index (χ2n) is 29.2. The molecule has 5 N–H and O–H groups in total. The summed E-state index contributed by atoms with van der Waals surface area (Å²) in [5, 5.41) is 28.3. The smallest absolute Gasteiger partial charge is 0.254 e. The van der Waals surface area contributed by atoms with Crippen molar-refractivity contribution in [2.24, 2.45) is 28.1 Å². The summed E-state index contributed by atoms with van der Waals surface area (Å²) in [5.41, 5.74) is 29.1. The molecule has 3 amide bonds. The number of aryl methyl sites for hydroxylation is 1. The molecule has 9 heterocycles. The number of fused-ring (bicyclic) bond motifs is 3. The Labute approximate surface area is 552 Å². The molecular formula is C75H78ClN15O3. The van der Waals surface area contributed by atoms with Crippen molar-refractivity contribution in [3.05, 3.63) is 166 Å². The molecule has 0 bridgehead atoms. The Morgan fingerprint density at radius 1 is 0.617 bits per heavy atom. The second kappa shape index (κ2) is 22.6. The van der Waals surface area contributed by atoms with Crippen molar-refractivity contribution in [1.29, 1.82) is 5.26 Å². The molecule has 6 aliphatic rings.